The van der Waals surface area contributed by atoms with Crippen LogP contribution in [-0.2, 0) is 0 Å². The molecule has 1 aromatic carbocycles. The molecule has 2 rings (SSSR count). The Morgan fingerprint density at radius 3 is 2.67 bits per heavy atom. The number of aromatic nitrogens is 2. The maximum absolute atomic E-state index is 11.1. The molecule has 21 heavy (non-hydrogen) atoms. The van der Waals surface area contributed by atoms with Gasteiger partial charge in [0.2, 0.25) is 11.6 Å². The van der Waals surface area contributed by atoms with Crippen molar-refractivity contribution in [1.29, 1.82) is 0 Å². The first-order valence-electron chi connectivity index (χ1n) is 6.20. The van der Waals surface area contributed by atoms with Gasteiger partial charge in [0, 0.05) is 25.5 Å². The van der Waals surface area contributed by atoms with Crippen molar-refractivity contribution >= 4 is 28.7 Å². The molecule has 8 heteroatoms. The van der Waals surface area contributed by atoms with E-state index >= 15 is 0 Å². The molecule has 0 saturated carbocycles. The van der Waals surface area contributed by atoms with E-state index in [1.165, 1.54) is 6.33 Å². The second-order valence-corrected chi connectivity index (χ2v) is 4.73. The number of nitrogens with zero attached hydrogens (tertiary/aromatic N) is 4. The Morgan fingerprint density at radius 2 is 2.05 bits per heavy atom. The predicted octanol–water partition coefficient (Wildman–Crippen LogP) is 2.09. The lowest BCUT2D eigenvalue weighted by Crippen LogP contribution is -2.11. The molecule has 110 valence electrons. The number of rotatable bonds is 4. The van der Waals surface area contributed by atoms with Gasteiger partial charge < -0.3 is 16.0 Å². The van der Waals surface area contributed by atoms with Crippen LogP contribution in [0.25, 0.3) is 0 Å². The van der Waals surface area contributed by atoms with Crippen LogP contribution in [-0.4, -0.2) is 29.0 Å². The number of nitrogens with one attached hydrogen (secondary N) is 1. The number of aryl methyl sites for hydroxylation is 1. The molecule has 1 heterocycles. The summed E-state index contributed by atoms with van der Waals surface area (Å²) in [6.07, 6.45) is 1.19. The van der Waals surface area contributed by atoms with E-state index in [2.05, 4.69) is 15.3 Å². The molecule has 0 aliphatic rings. The van der Waals surface area contributed by atoms with Gasteiger partial charge in [0.25, 0.3) is 0 Å². The summed E-state index contributed by atoms with van der Waals surface area (Å²) in [6, 6.07) is 5.63. The Labute approximate surface area is 121 Å². The first-order valence-corrected chi connectivity index (χ1v) is 6.20. The summed E-state index contributed by atoms with van der Waals surface area (Å²) >= 11 is 0. The van der Waals surface area contributed by atoms with Crippen LogP contribution in [0.4, 0.5) is 28.7 Å². The minimum Gasteiger partial charge on any atom is -0.378 e. The van der Waals surface area contributed by atoms with Gasteiger partial charge in [0.1, 0.15) is 6.33 Å². The Balaban J connectivity index is 2.42. The van der Waals surface area contributed by atoms with Crippen LogP contribution >= 0.6 is 0 Å². The van der Waals surface area contributed by atoms with Crippen LogP contribution in [0, 0.1) is 17.0 Å². The van der Waals surface area contributed by atoms with Crippen LogP contribution in [0.5, 0.6) is 0 Å². The second kappa shape index (κ2) is 5.61. The van der Waals surface area contributed by atoms with Gasteiger partial charge in [-0.3, -0.25) is 10.1 Å². The molecule has 0 unspecified atom stereocenters. The highest BCUT2D eigenvalue weighted by Gasteiger charge is 2.21. The number of nitrogens with two attached hydrogens (primary N) is 1. The minimum absolute atomic E-state index is 0.0704. The molecule has 0 radical (unpaired) electrons. The van der Waals surface area contributed by atoms with E-state index in [-0.39, 0.29) is 17.3 Å². The highest BCUT2D eigenvalue weighted by molar-refractivity contribution is 5.74. The zero-order valence-electron chi connectivity index (χ0n) is 12.0. The molecule has 0 bridgehead atoms. The summed E-state index contributed by atoms with van der Waals surface area (Å²) < 4.78 is 0. The smallest absolute Gasteiger partial charge is 0.353 e. The quantitative estimate of drug-likeness (QED) is 0.654. The van der Waals surface area contributed by atoms with Crippen LogP contribution < -0.4 is 16.0 Å². The van der Waals surface area contributed by atoms with Gasteiger partial charge in [-0.2, -0.15) is 0 Å². The van der Waals surface area contributed by atoms with Crippen LogP contribution in [0.2, 0.25) is 0 Å². The molecule has 0 aliphatic carbocycles. The van der Waals surface area contributed by atoms with E-state index in [4.69, 9.17) is 5.73 Å². The van der Waals surface area contributed by atoms with E-state index in [1.807, 2.05) is 44.1 Å². The highest BCUT2D eigenvalue weighted by Crippen LogP contribution is 2.30. The Morgan fingerprint density at radius 1 is 1.33 bits per heavy atom. The minimum atomic E-state index is -0.598. The van der Waals surface area contributed by atoms with E-state index in [0.29, 0.717) is 5.69 Å². The van der Waals surface area contributed by atoms with Crippen molar-refractivity contribution in [2.24, 2.45) is 0 Å². The van der Waals surface area contributed by atoms with Gasteiger partial charge in [-0.15, -0.1) is 0 Å². The third-order valence-electron chi connectivity index (χ3n) is 2.99. The average molecular weight is 288 g/mol. The van der Waals surface area contributed by atoms with Gasteiger partial charge in [-0.05, 0) is 24.6 Å². The van der Waals surface area contributed by atoms with Crippen molar-refractivity contribution in [2.75, 3.05) is 30.0 Å². The van der Waals surface area contributed by atoms with Crippen LogP contribution in [0.15, 0.2) is 24.5 Å². The van der Waals surface area contributed by atoms with Crippen molar-refractivity contribution in [1.82, 2.24) is 9.97 Å². The van der Waals surface area contributed by atoms with Crippen molar-refractivity contribution in [3.8, 4) is 0 Å². The van der Waals surface area contributed by atoms with Gasteiger partial charge in [-0.1, -0.05) is 6.07 Å². The van der Waals surface area contributed by atoms with E-state index < -0.39 is 4.92 Å². The molecule has 3 N–H and O–H groups in total. The van der Waals surface area contributed by atoms with Crippen LogP contribution in [0.3, 0.4) is 0 Å². The average Bonchev–Trinajstić information content (AvgIpc) is 2.40. The molecular formula is C13H16N6O2. The zero-order valence-corrected chi connectivity index (χ0v) is 12.0. The lowest BCUT2D eigenvalue weighted by Gasteiger charge is -2.17. The molecular weight excluding hydrogens is 272 g/mol. The summed E-state index contributed by atoms with van der Waals surface area (Å²) in [5.74, 6) is -0.0986. The fourth-order valence-corrected chi connectivity index (χ4v) is 1.97. The monoisotopic (exact) mass is 288 g/mol. The number of benzene rings is 1. The summed E-state index contributed by atoms with van der Waals surface area (Å²) in [7, 11) is 3.86. The van der Waals surface area contributed by atoms with E-state index in [9.17, 15) is 10.1 Å². The summed E-state index contributed by atoms with van der Waals surface area (Å²) in [5, 5.41) is 14.0. The number of anilines is 4. The number of nitro groups is 1. The molecule has 2 aromatic rings. The summed E-state index contributed by atoms with van der Waals surface area (Å²) in [6.45, 7) is 1.99. The molecule has 0 saturated heterocycles. The standard InChI is InChI=1S/C13H16N6O2/c1-8-4-5-9(6-10(8)18(2)3)17-13-11(19(20)21)12(14)15-7-16-13/h4-7H,1-3H3,(H3,14,15,16,17). The third-order valence-corrected chi connectivity index (χ3v) is 2.99. The van der Waals surface area contributed by atoms with Crippen molar-refractivity contribution < 1.29 is 4.92 Å². The lowest BCUT2D eigenvalue weighted by molar-refractivity contribution is -0.383. The number of nitrogen functional groups attached to an aromatic ring is 1. The highest BCUT2D eigenvalue weighted by atomic mass is 16.6. The largest absolute Gasteiger partial charge is 0.378 e. The van der Waals surface area contributed by atoms with Crippen LogP contribution in [0.1, 0.15) is 5.56 Å². The molecule has 0 atom stereocenters. The summed E-state index contributed by atoms with van der Waals surface area (Å²) in [5.41, 5.74) is 8.00. The van der Waals surface area contributed by atoms with Gasteiger partial charge in [0.15, 0.2) is 0 Å². The lowest BCUT2D eigenvalue weighted by atomic mass is 10.1. The van der Waals surface area contributed by atoms with Crippen molar-refractivity contribution in [3.05, 3.63) is 40.2 Å². The SMILES string of the molecule is Cc1ccc(Nc2ncnc(N)c2[N+](=O)[O-])cc1N(C)C. The normalized spacial score (nSPS) is 10.2. The summed E-state index contributed by atoms with van der Waals surface area (Å²) in [4.78, 5) is 20.0. The molecule has 0 spiro atoms. The van der Waals surface area contributed by atoms with Crippen molar-refractivity contribution in [2.45, 2.75) is 6.92 Å². The predicted molar refractivity (Wildman–Crippen MR) is 81.9 cm³/mol. The topological polar surface area (TPSA) is 110 Å². The molecule has 0 amide bonds. The zero-order chi connectivity index (χ0) is 15.6. The Kier molecular flexibility index (Phi) is 3.88. The number of hydrogen-bond acceptors (Lipinski definition) is 7. The molecule has 1 aromatic heterocycles. The first kappa shape index (κ1) is 14.5. The van der Waals surface area contributed by atoms with Gasteiger partial charge in [-0.25, -0.2) is 9.97 Å². The second-order valence-electron chi connectivity index (χ2n) is 4.73. The fourth-order valence-electron chi connectivity index (χ4n) is 1.97. The molecule has 0 aliphatic heterocycles. The Hall–Kier alpha value is -2.90. The maximum Gasteiger partial charge on any atom is 0.353 e. The fraction of sp³-hybridized carbons (Fsp3) is 0.231. The number of hydrogen-bond donors (Lipinski definition) is 2. The van der Waals surface area contributed by atoms with Gasteiger partial charge in [0.05, 0.1) is 4.92 Å². The van der Waals surface area contributed by atoms with Gasteiger partial charge >= 0.3 is 5.69 Å². The Bertz CT molecular complexity index is 686. The maximum atomic E-state index is 11.1. The van der Waals surface area contributed by atoms with Crippen molar-refractivity contribution in [3.63, 3.8) is 0 Å². The third kappa shape index (κ3) is 2.99. The van der Waals surface area contributed by atoms with E-state index in [1.54, 1.807) is 0 Å². The van der Waals surface area contributed by atoms with E-state index in [0.717, 1.165) is 11.3 Å². The first-order chi connectivity index (χ1) is 9.90. The molecule has 0 fully saturated rings. The molecule has 8 nitrogen and oxygen atoms in total.